The van der Waals surface area contributed by atoms with Crippen LogP contribution in [0.3, 0.4) is 0 Å². The van der Waals surface area contributed by atoms with Crippen LogP contribution in [0.5, 0.6) is 23.0 Å². The van der Waals surface area contributed by atoms with Gasteiger partial charge in [0.1, 0.15) is 5.75 Å². The van der Waals surface area contributed by atoms with Crippen molar-refractivity contribution < 1.29 is 23.4 Å². The summed E-state index contributed by atoms with van der Waals surface area (Å²) < 4.78 is 23.4. The smallest absolute Gasteiger partial charge is 0.250 e. The molecule has 2 aromatic carbocycles. The molecule has 0 aromatic heterocycles. The minimum atomic E-state index is -1.96. The molecule has 0 aliphatic rings. The van der Waals surface area contributed by atoms with Crippen LogP contribution in [0.4, 0.5) is 0 Å². The van der Waals surface area contributed by atoms with Gasteiger partial charge in [-0.25, -0.2) is 0 Å². The quantitative estimate of drug-likeness (QED) is 0.390. The van der Waals surface area contributed by atoms with Crippen LogP contribution < -0.4 is 24.0 Å². The van der Waals surface area contributed by atoms with Crippen LogP contribution >= 0.6 is 15.9 Å². The normalized spacial score (nSPS) is 11.7. The van der Waals surface area contributed by atoms with Gasteiger partial charge in [0, 0.05) is 6.54 Å². The van der Waals surface area contributed by atoms with Crippen molar-refractivity contribution in [3.63, 3.8) is 0 Å². The Balaban J connectivity index is 1.98. The number of amides is 1. The molecule has 0 saturated heterocycles. The Hall–Kier alpha value is -2.19. The summed E-state index contributed by atoms with van der Waals surface area (Å²) in [4.78, 5) is 12.5. The number of hydrogen-bond donors (Lipinski definition) is 1. The van der Waals surface area contributed by atoms with Crippen molar-refractivity contribution in [2.45, 2.75) is 51.7 Å². The molecule has 0 fully saturated rings. The lowest BCUT2D eigenvalue weighted by Gasteiger charge is -2.36. The highest BCUT2D eigenvalue weighted by Crippen LogP contribution is 2.40. The highest BCUT2D eigenvalue weighted by molar-refractivity contribution is 9.10. The molecule has 2 aromatic rings. The van der Waals surface area contributed by atoms with Crippen LogP contribution in [0.2, 0.25) is 18.1 Å². The molecule has 0 heterocycles. The predicted molar refractivity (Wildman–Crippen MR) is 138 cm³/mol. The second-order valence-corrected chi connectivity index (χ2v) is 14.9. The molecule has 0 saturated carbocycles. The van der Waals surface area contributed by atoms with Crippen LogP contribution in [0.1, 0.15) is 31.9 Å². The average Bonchev–Trinajstić information content (AvgIpc) is 2.74. The molecule has 0 radical (unpaired) electrons. The minimum Gasteiger partial charge on any atom is -0.541 e. The van der Waals surface area contributed by atoms with E-state index >= 15 is 0 Å². The van der Waals surface area contributed by atoms with Gasteiger partial charge in [0.05, 0.1) is 32.2 Å². The van der Waals surface area contributed by atoms with Gasteiger partial charge in [-0.2, -0.15) is 0 Å². The van der Waals surface area contributed by atoms with Crippen molar-refractivity contribution in [1.82, 2.24) is 5.32 Å². The number of rotatable bonds is 10. The van der Waals surface area contributed by atoms with E-state index in [1.165, 1.54) is 0 Å². The minimum absolute atomic E-state index is 0.0623. The first-order valence-electron chi connectivity index (χ1n) is 11.0. The number of carbonyl (C=O) groups excluding carboxylic acids is 1. The molecule has 0 atom stereocenters. The standard InChI is InChI=1S/C25H36BrNO5Si/c1-25(2,3)33(7,8)32-19-11-9-17(15-21(19)30-5)13-14-27-22(28)16-18-10-12-20(29-4)24(31-6)23(18)26/h9-12,15H,13-14,16H2,1-8H3,(H,27,28). The van der Waals surface area contributed by atoms with E-state index in [9.17, 15) is 4.79 Å². The van der Waals surface area contributed by atoms with Gasteiger partial charge in [0.25, 0.3) is 8.32 Å². The van der Waals surface area contributed by atoms with Gasteiger partial charge in [-0.05, 0) is 69.8 Å². The first kappa shape index (κ1) is 27.1. The van der Waals surface area contributed by atoms with Crippen molar-refractivity contribution in [3.05, 3.63) is 45.9 Å². The fourth-order valence-corrected chi connectivity index (χ4v) is 4.68. The summed E-state index contributed by atoms with van der Waals surface area (Å²) in [5.74, 6) is 2.62. The van der Waals surface area contributed by atoms with E-state index < -0.39 is 8.32 Å². The van der Waals surface area contributed by atoms with Gasteiger partial charge in [-0.1, -0.05) is 32.9 Å². The lowest BCUT2D eigenvalue weighted by molar-refractivity contribution is -0.120. The summed E-state index contributed by atoms with van der Waals surface area (Å²) in [5.41, 5.74) is 1.90. The summed E-state index contributed by atoms with van der Waals surface area (Å²) in [6.45, 7) is 11.6. The first-order valence-corrected chi connectivity index (χ1v) is 14.7. The molecule has 0 spiro atoms. The SMILES string of the molecule is COc1cc(CCNC(=O)Cc2ccc(OC)c(OC)c2Br)ccc1O[Si](C)(C)C(C)(C)C. The van der Waals surface area contributed by atoms with Crippen molar-refractivity contribution in [3.8, 4) is 23.0 Å². The van der Waals surface area contributed by atoms with Crippen LogP contribution in [-0.2, 0) is 17.6 Å². The van der Waals surface area contributed by atoms with Crippen molar-refractivity contribution >= 4 is 30.2 Å². The number of benzene rings is 2. The Labute approximate surface area is 207 Å². The van der Waals surface area contributed by atoms with E-state index in [1.54, 1.807) is 27.4 Å². The van der Waals surface area contributed by atoms with E-state index in [1.807, 2.05) is 24.3 Å². The van der Waals surface area contributed by atoms with Crippen molar-refractivity contribution in [2.24, 2.45) is 0 Å². The molecular weight excluding hydrogens is 502 g/mol. The highest BCUT2D eigenvalue weighted by Gasteiger charge is 2.39. The molecule has 0 aliphatic heterocycles. The summed E-state index contributed by atoms with van der Waals surface area (Å²) >= 11 is 3.51. The number of methoxy groups -OCH3 is 3. The fraction of sp³-hybridized carbons (Fsp3) is 0.480. The maximum atomic E-state index is 12.5. The Morgan fingerprint density at radius 1 is 0.970 bits per heavy atom. The number of halogens is 1. The number of carbonyl (C=O) groups is 1. The van der Waals surface area contributed by atoms with Crippen LogP contribution in [-0.4, -0.2) is 42.1 Å². The molecule has 182 valence electrons. The molecule has 6 nitrogen and oxygen atoms in total. The summed E-state index contributed by atoms with van der Waals surface area (Å²) in [5, 5.41) is 3.09. The van der Waals surface area contributed by atoms with E-state index in [4.69, 9.17) is 18.6 Å². The summed E-state index contributed by atoms with van der Waals surface area (Å²) in [7, 11) is 2.84. The monoisotopic (exact) mass is 537 g/mol. The first-order chi connectivity index (χ1) is 15.4. The maximum Gasteiger partial charge on any atom is 0.250 e. The zero-order chi connectivity index (χ0) is 24.8. The van der Waals surface area contributed by atoms with Gasteiger partial charge >= 0.3 is 0 Å². The Kier molecular flexibility index (Phi) is 9.26. The molecule has 0 aliphatic carbocycles. The van der Waals surface area contributed by atoms with Crippen LogP contribution in [0, 0.1) is 0 Å². The van der Waals surface area contributed by atoms with Gasteiger partial charge in [0.15, 0.2) is 17.2 Å². The Bertz CT molecular complexity index is 972. The van der Waals surface area contributed by atoms with Crippen molar-refractivity contribution in [2.75, 3.05) is 27.9 Å². The second kappa shape index (κ2) is 11.3. The molecule has 1 amide bonds. The molecule has 2 rings (SSSR count). The van der Waals surface area contributed by atoms with E-state index in [-0.39, 0.29) is 17.4 Å². The number of ether oxygens (including phenoxy) is 3. The zero-order valence-electron chi connectivity index (χ0n) is 20.9. The van der Waals surface area contributed by atoms with Crippen molar-refractivity contribution in [1.29, 1.82) is 0 Å². The second-order valence-electron chi connectivity index (χ2n) is 9.40. The fourth-order valence-electron chi connectivity index (χ4n) is 3.03. The van der Waals surface area contributed by atoms with Gasteiger partial charge in [-0.15, -0.1) is 0 Å². The molecule has 33 heavy (non-hydrogen) atoms. The highest BCUT2D eigenvalue weighted by atomic mass is 79.9. The molecular formula is C25H36BrNO5Si. The molecule has 8 heteroatoms. The van der Waals surface area contributed by atoms with Gasteiger partial charge in [-0.3, -0.25) is 4.79 Å². The van der Waals surface area contributed by atoms with E-state index in [2.05, 4.69) is 55.1 Å². The van der Waals surface area contributed by atoms with Gasteiger partial charge < -0.3 is 24.0 Å². The number of nitrogens with one attached hydrogen (secondary N) is 1. The van der Waals surface area contributed by atoms with E-state index in [0.717, 1.165) is 27.1 Å². The summed E-state index contributed by atoms with van der Waals surface area (Å²) in [6.07, 6.45) is 0.930. The Morgan fingerprint density at radius 2 is 1.61 bits per heavy atom. The lowest BCUT2D eigenvalue weighted by Crippen LogP contribution is -2.43. The number of hydrogen-bond acceptors (Lipinski definition) is 5. The average molecular weight is 539 g/mol. The topological polar surface area (TPSA) is 66.0 Å². The molecule has 0 bridgehead atoms. The largest absolute Gasteiger partial charge is 0.541 e. The molecule has 1 N–H and O–H groups in total. The summed E-state index contributed by atoms with van der Waals surface area (Å²) in [6, 6.07) is 9.64. The van der Waals surface area contributed by atoms with E-state index in [0.29, 0.717) is 24.5 Å². The Morgan fingerprint density at radius 3 is 2.18 bits per heavy atom. The third kappa shape index (κ3) is 6.90. The van der Waals surface area contributed by atoms with Gasteiger partial charge in [0.2, 0.25) is 5.91 Å². The van der Waals surface area contributed by atoms with Crippen LogP contribution in [0.25, 0.3) is 0 Å². The predicted octanol–water partition coefficient (Wildman–Crippen LogP) is 5.76. The third-order valence-electron chi connectivity index (χ3n) is 6.05. The van der Waals surface area contributed by atoms with Crippen LogP contribution in [0.15, 0.2) is 34.8 Å². The lowest BCUT2D eigenvalue weighted by atomic mass is 10.1. The zero-order valence-corrected chi connectivity index (χ0v) is 23.5. The maximum absolute atomic E-state index is 12.5. The third-order valence-corrected chi connectivity index (χ3v) is 11.3. The molecule has 0 unspecified atom stereocenters.